The Morgan fingerprint density at radius 2 is 1.75 bits per heavy atom. The highest BCUT2D eigenvalue weighted by Crippen LogP contribution is 2.26. The van der Waals surface area contributed by atoms with Crippen LogP contribution in [0, 0.1) is 0 Å². The summed E-state index contributed by atoms with van der Waals surface area (Å²) >= 11 is 0. The fraction of sp³-hybridized carbons (Fsp3) is 0.167. The smallest absolute Gasteiger partial charge is 0.328 e. The van der Waals surface area contributed by atoms with Crippen molar-refractivity contribution in [2.75, 3.05) is 4.72 Å². The molecule has 0 saturated carbocycles. The molecule has 0 amide bonds. The summed E-state index contributed by atoms with van der Waals surface area (Å²) in [6, 6.07) is 11.7. The highest BCUT2D eigenvalue weighted by Gasteiger charge is 2.16. The number of aryl methyl sites for hydroxylation is 2. The second-order valence-electron chi connectivity index (χ2n) is 5.68. The van der Waals surface area contributed by atoms with E-state index in [2.05, 4.69) is 4.72 Å². The van der Waals surface area contributed by atoms with Gasteiger partial charge in [0.15, 0.2) is 0 Å². The van der Waals surface area contributed by atoms with Gasteiger partial charge in [0.2, 0.25) is 0 Å². The van der Waals surface area contributed by atoms with E-state index < -0.39 is 16.0 Å². The van der Waals surface area contributed by atoms with E-state index in [1.807, 2.05) is 12.1 Å². The van der Waals surface area contributed by atoms with Gasteiger partial charge >= 0.3 is 5.97 Å². The van der Waals surface area contributed by atoms with E-state index in [0.29, 0.717) is 11.3 Å². The van der Waals surface area contributed by atoms with Crippen LogP contribution >= 0.6 is 0 Å². The number of nitrogens with one attached hydrogen (secondary N) is 1. The van der Waals surface area contributed by atoms with E-state index in [4.69, 9.17) is 5.11 Å². The van der Waals surface area contributed by atoms with Crippen molar-refractivity contribution in [3.63, 3.8) is 0 Å². The molecule has 0 aliphatic heterocycles. The molecule has 0 aromatic heterocycles. The predicted molar refractivity (Wildman–Crippen MR) is 92.4 cm³/mol. The Balaban J connectivity index is 1.79. The first-order valence-electron chi connectivity index (χ1n) is 7.60. The van der Waals surface area contributed by atoms with E-state index >= 15 is 0 Å². The fourth-order valence-electron chi connectivity index (χ4n) is 2.77. The van der Waals surface area contributed by atoms with Gasteiger partial charge in [-0.15, -0.1) is 0 Å². The number of fused-ring (bicyclic) bond motifs is 1. The zero-order chi connectivity index (χ0) is 17.2. The number of hydrogen-bond acceptors (Lipinski definition) is 3. The number of benzene rings is 2. The molecule has 24 heavy (non-hydrogen) atoms. The van der Waals surface area contributed by atoms with Gasteiger partial charge < -0.3 is 5.11 Å². The normalized spacial score (nSPS) is 13.8. The molecule has 6 heteroatoms. The summed E-state index contributed by atoms with van der Waals surface area (Å²) in [7, 11) is -3.67. The summed E-state index contributed by atoms with van der Waals surface area (Å²) in [5.41, 5.74) is 3.66. The highest BCUT2D eigenvalue weighted by atomic mass is 32.2. The molecular weight excluding hydrogens is 326 g/mol. The summed E-state index contributed by atoms with van der Waals surface area (Å²) in [6.07, 6.45) is 5.55. The Kier molecular flexibility index (Phi) is 4.40. The molecule has 2 N–H and O–H groups in total. The molecule has 0 spiro atoms. The molecule has 3 rings (SSSR count). The number of carboxylic acids is 1. The van der Waals surface area contributed by atoms with Crippen LogP contribution in [-0.2, 0) is 27.7 Å². The van der Waals surface area contributed by atoms with Gasteiger partial charge in [-0.1, -0.05) is 18.2 Å². The van der Waals surface area contributed by atoms with Crippen molar-refractivity contribution >= 4 is 27.8 Å². The van der Waals surface area contributed by atoms with Crippen LogP contribution in [0.5, 0.6) is 0 Å². The average Bonchev–Trinajstić information content (AvgIpc) is 3.00. The van der Waals surface area contributed by atoms with Crippen molar-refractivity contribution in [1.82, 2.24) is 0 Å². The largest absolute Gasteiger partial charge is 0.478 e. The number of rotatable bonds is 5. The fourth-order valence-corrected chi connectivity index (χ4v) is 3.82. The van der Waals surface area contributed by atoms with Crippen molar-refractivity contribution in [2.24, 2.45) is 0 Å². The molecular formula is C18H17NO4S. The third kappa shape index (κ3) is 3.65. The van der Waals surface area contributed by atoms with Crippen molar-refractivity contribution in [2.45, 2.75) is 24.2 Å². The molecule has 0 saturated heterocycles. The summed E-state index contributed by atoms with van der Waals surface area (Å²) in [5, 5.41) is 8.60. The third-order valence-electron chi connectivity index (χ3n) is 3.96. The van der Waals surface area contributed by atoms with E-state index in [9.17, 15) is 13.2 Å². The van der Waals surface area contributed by atoms with Gasteiger partial charge in [-0.2, -0.15) is 0 Å². The first-order valence-corrected chi connectivity index (χ1v) is 9.08. The molecule has 124 valence electrons. The third-order valence-corrected chi connectivity index (χ3v) is 5.36. The average molecular weight is 343 g/mol. The zero-order valence-electron chi connectivity index (χ0n) is 12.9. The van der Waals surface area contributed by atoms with Crippen molar-refractivity contribution < 1.29 is 18.3 Å². The molecule has 0 atom stereocenters. The number of anilines is 1. The lowest BCUT2D eigenvalue weighted by Gasteiger charge is -2.10. The van der Waals surface area contributed by atoms with Crippen LogP contribution in [0.4, 0.5) is 5.69 Å². The van der Waals surface area contributed by atoms with Gasteiger partial charge in [0.1, 0.15) is 0 Å². The Morgan fingerprint density at radius 3 is 2.46 bits per heavy atom. The molecule has 0 radical (unpaired) electrons. The maximum atomic E-state index is 12.5. The van der Waals surface area contributed by atoms with Crippen molar-refractivity contribution in [3.05, 3.63) is 65.2 Å². The second kappa shape index (κ2) is 6.49. The van der Waals surface area contributed by atoms with Gasteiger partial charge in [-0.3, -0.25) is 4.72 Å². The maximum absolute atomic E-state index is 12.5. The summed E-state index contributed by atoms with van der Waals surface area (Å²) in [6.45, 7) is 0. The summed E-state index contributed by atoms with van der Waals surface area (Å²) in [5.74, 6) is -1.05. The topological polar surface area (TPSA) is 83.5 Å². The Hall–Kier alpha value is -2.60. The van der Waals surface area contributed by atoms with Gasteiger partial charge in [0.25, 0.3) is 10.0 Å². The molecule has 1 aliphatic rings. The van der Waals surface area contributed by atoms with Crippen LogP contribution in [0.2, 0.25) is 0 Å². The van der Waals surface area contributed by atoms with E-state index in [0.717, 1.165) is 25.3 Å². The van der Waals surface area contributed by atoms with E-state index in [1.54, 1.807) is 18.2 Å². The quantitative estimate of drug-likeness (QED) is 0.817. The van der Waals surface area contributed by atoms with Gasteiger partial charge in [0.05, 0.1) is 4.90 Å². The van der Waals surface area contributed by atoms with Gasteiger partial charge in [-0.05, 0) is 66.3 Å². The Bertz CT molecular complexity index is 899. The molecule has 0 unspecified atom stereocenters. The lowest BCUT2D eigenvalue weighted by molar-refractivity contribution is -0.131. The van der Waals surface area contributed by atoms with Crippen LogP contribution in [0.25, 0.3) is 6.08 Å². The monoisotopic (exact) mass is 343 g/mol. The number of hydrogen-bond donors (Lipinski definition) is 2. The van der Waals surface area contributed by atoms with Crippen LogP contribution in [0.3, 0.4) is 0 Å². The standard InChI is InChI=1S/C18H17NO4S/c20-18(21)11-6-13-4-9-17(10-5-13)24(22,23)19-16-8-7-14-2-1-3-15(14)12-16/h4-12,19H,1-3H2,(H,20,21)/b11-6+. The van der Waals surface area contributed by atoms with Crippen LogP contribution in [0.1, 0.15) is 23.1 Å². The number of aliphatic carboxylic acids is 1. The van der Waals surface area contributed by atoms with E-state index in [-0.39, 0.29) is 4.90 Å². The minimum absolute atomic E-state index is 0.135. The SMILES string of the molecule is O=C(O)/C=C/c1ccc(S(=O)(=O)Nc2ccc3c(c2)CCC3)cc1. The van der Waals surface area contributed by atoms with E-state index in [1.165, 1.54) is 29.3 Å². The summed E-state index contributed by atoms with van der Waals surface area (Å²) < 4.78 is 27.5. The van der Waals surface area contributed by atoms with Crippen LogP contribution in [0.15, 0.2) is 53.4 Å². The predicted octanol–water partition coefficient (Wildman–Crippen LogP) is 3.07. The molecule has 5 nitrogen and oxygen atoms in total. The Morgan fingerprint density at radius 1 is 1.04 bits per heavy atom. The number of sulfonamides is 1. The Labute approximate surface area is 140 Å². The minimum Gasteiger partial charge on any atom is -0.478 e. The maximum Gasteiger partial charge on any atom is 0.328 e. The van der Waals surface area contributed by atoms with Gasteiger partial charge in [0, 0.05) is 11.8 Å². The minimum atomic E-state index is -3.67. The molecule has 2 aromatic rings. The lowest BCUT2D eigenvalue weighted by atomic mass is 10.1. The lowest BCUT2D eigenvalue weighted by Crippen LogP contribution is -2.13. The van der Waals surface area contributed by atoms with Crippen LogP contribution < -0.4 is 4.72 Å². The van der Waals surface area contributed by atoms with Crippen molar-refractivity contribution in [3.8, 4) is 0 Å². The molecule has 2 aromatic carbocycles. The molecule has 0 bridgehead atoms. The van der Waals surface area contributed by atoms with Gasteiger partial charge in [-0.25, -0.2) is 13.2 Å². The summed E-state index contributed by atoms with van der Waals surface area (Å²) in [4.78, 5) is 10.6. The number of carbonyl (C=O) groups is 1. The molecule has 1 aliphatic carbocycles. The van der Waals surface area contributed by atoms with Crippen LogP contribution in [-0.4, -0.2) is 19.5 Å². The molecule has 0 fully saturated rings. The first-order chi connectivity index (χ1) is 11.4. The molecule has 0 heterocycles. The van der Waals surface area contributed by atoms with Crippen molar-refractivity contribution in [1.29, 1.82) is 0 Å². The highest BCUT2D eigenvalue weighted by molar-refractivity contribution is 7.92. The first kappa shape index (κ1) is 16.3. The number of carboxylic acid groups (broad SMARTS) is 1. The zero-order valence-corrected chi connectivity index (χ0v) is 13.7. The second-order valence-corrected chi connectivity index (χ2v) is 7.37.